The molecular formula is C94H123N23O25S2. The van der Waals surface area contributed by atoms with Crippen LogP contribution in [-0.4, -0.2) is 370 Å². The number of nitrogens with one attached hydrogen (secondary N) is 15. The third-order valence-electron chi connectivity index (χ3n) is 24.8. The molecular weight excluding hydrogens is 1920 g/mol. The Bertz CT molecular complexity index is 5770. The fraction of sp³-hybridized carbons (Fsp3) is 0.479. The first-order chi connectivity index (χ1) is 68.7. The second kappa shape index (κ2) is 54.1. The number of carbonyl (C=O) groups is 20. The summed E-state index contributed by atoms with van der Waals surface area (Å²) in [6.07, 6.45) is 0.144. The number of likely N-dealkylation sites (tertiary alicyclic amines) is 1. The minimum absolute atomic E-state index is 0.00835. The molecule has 3 aliphatic rings. The molecule has 10 rings (SSSR count). The number of ketones is 1. The summed E-state index contributed by atoms with van der Waals surface area (Å²) < 4.78 is 0. The fourth-order valence-corrected chi connectivity index (χ4v) is 19.3. The second-order valence-electron chi connectivity index (χ2n) is 35.6. The first kappa shape index (κ1) is 112. The van der Waals surface area contributed by atoms with Crippen LogP contribution in [0.5, 0.6) is 0 Å². The van der Waals surface area contributed by atoms with Gasteiger partial charge in [0.15, 0.2) is 11.8 Å². The molecule has 0 saturated carbocycles. The number of carboxylic acid groups (broad SMARTS) is 4. The van der Waals surface area contributed by atoms with Gasteiger partial charge in [-0.15, -0.1) is 0 Å². The van der Waals surface area contributed by atoms with Crippen LogP contribution in [0, 0.1) is 5.92 Å². The number of fused-ring (bicyclic) bond motifs is 3. The standard InChI is InChI=1S/C94H123N23O25S2/c1-5-51(2)79(110-93(141)80(52(3)118)111-89(137)66(102-53(4)119)37-57-41-99-62-19-10-8-17-59(57)62)92(140)109-70-48-143-144-49-71(91(139)112-81(94(142)117-26-14-22-72(117)83(96)131)82(130)61-43-100-63-20-11-9-18-60(61)63)108-88(136)69(40-75(122)123)107-86(134)67(38-58-42-97-50-101-58)105-85(133)65(36-54-23-24-55-15-6-7-16-56(55)35-54)104-84(132)64(103-87(135)68(39-73(95)120)106-90(70)138)21-12-13-25-98-74(121)44-113-27-29-114(45-76(124)125)31-33-116(47-78(128)129)34-32-115(30-28-113)46-77(126)127/h6-11,15-20,23-24,35,41-43,50-52,64-72,79-81,99-100,118H,5,12-14,21-22,25-34,36-40,44-49H2,1-4H3,(H2,95,120)(H2,96,131)(H,97,101)(H,98,121)(H,102,119)(H,103,135)(H,104,132)(H,105,133)(H,106,138)(H,107,134)(H,108,136)(H,109,140)(H,110,141)(H,111,137)(H,112,139)(H,122,123)(H,124,125)(H,126,127)(H,128,129)/t51-,52+,64-,65-,66-,67-,68-,69-,70-,71-,72-,79-,80-,81?/m0/s1. The van der Waals surface area contributed by atoms with Crippen molar-refractivity contribution >= 4 is 172 Å². The van der Waals surface area contributed by atoms with E-state index in [-0.39, 0.29) is 127 Å². The van der Waals surface area contributed by atoms with Crippen LogP contribution in [0.4, 0.5) is 0 Å². The molecule has 3 fully saturated rings. The lowest BCUT2D eigenvalue weighted by Crippen LogP contribution is -2.63. The Labute approximate surface area is 833 Å². The highest BCUT2D eigenvalue weighted by atomic mass is 33.1. The lowest BCUT2D eigenvalue weighted by molar-refractivity contribution is -0.142. The summed E-state index contributed by atoms with van der Waals surface area (Å²) in [6, 6.07) is 3.24. The normalized spacial score (nSPS) is 20.9. The Hall–Kier alpha value is -14.5. The molecule has 48 nitrogen and oxygen atoms in total. The predicted octanol–water partition coefficient (Wildman–Crippen LogP) is -3.80. The minimum atomic E-state index is -2.23. The summed E-state index contributed by atoms with van der Waals surface area (Å²) in [4.78, 5) is 306. The number of Topliss-reactive ketones (excluding diaryl/α,β-unsaturated/α-hetero) is 1. The highest BCUT2D eigenvalue weighted by Crippen LogP contribution is 2.28. The van der Waals surface area contributed by atoms with Crippen molar-refractivity contribution in [2.45, 2.75) is 177 Å². The number of aliphatic hydroxyl groups excluding tert-OH is 1. The molecule has 144 heavy (non-hydrogen) atoms. The fourth-order valence-electron chi connectivity index (χ4n) is 16.9. The number of benzene rings is 4. The van der Waals surface area contributed by atoms with Gasteiger partial charge < -0.3 is 121 Å². The molecule has 3 aliphatic heterocycles. The van der Waals surface area contributed by atoms with E-state index in [2.05, 4.69) is 83.7 Å². The van der Waals surface area contributed by atoms with Crippen molar-refractivity contribution in [2.24, 2.45) is 17.4 Å². The van der Waals surface area contributed by atoms with Crippen LogP contribution in [-0.2, 0) is 110 Å². The molecule has 0 bridgehead atoms. The van der Waals surface area contributed by atoms with Gasteiger partial charge in [0.25, 0.3) is 5.91 Å². The summed E-state index contributed by atoms with van der Waals surface area (Å²) in [5.41, 5.74) is 13.8. The number of carbonyl (C=O) groups excluding carboxylic acids is 16. The average Bonchev–Trinajstić information content (AvgIpc) is 1.63. The first-order valence-corrected chi connectivity index (χ1v) is 49.4. The van der Waals surface area contributed by atoms with Crippen LogP contribution >= 0.6 is 21.6 Å². The monoisotopic (exact) mass is 2040 g/mol. The number of para-hydroxylation sites is 2. The minimum Gasteiger partial charge on any atom is -0.481 e. The lowest BCUT2D eigenvalue weighted by Gasteiger charge is -2.32. The molecule has 4 aromatic carbocycles. The molecule has 1 unspecified atom stereocenters. The van der Waals surface area contributed by atoms with Crippen molar-refractivity contribution < 1.29 is 121 Å². The number of nitrogens with two attached hydrogens (primary N) is 2. The van der Waals surface area contributed by atoms with Crippen molar-refractivity contribution in [3.8, 4) is 0 Å². The molecule has 6 heterocycles. The van der Waals surface area contributed by atoms with E-state index in [1.807, 2.05) is 0 Å². The number of nitrogens with zero attached hydrogens (tertiary/aromatic N) is 6. The van der Waals surface area contributed by atoms with E-state index < -0.39 is 266 Å². The van der Waals surface area contributed by atoms with Gasteiger partial charge in [-0.05, 0) is 79.0 Å². The van der Waals surface area contributed by atoms with Crippen molar-refractivity contribution in [3.05, 3.63) is 138 Å². The third-order valence-corrected chi connectivity index (χ3v) is 27.2. The van der Waals surface area contributed by atoms with Gasteiger partial charge in [0.2, 0.25) is 82.7 Å². The maximum absolute atomic E-state index is 15.7. The summed E-state index contributed by atoms with van der Waals surface area (Å²) in [7, 11) is 1.27. The Kier molecular flexibility index (Phi) is 41.9. The number of aromatic nitrogens is 4. The molecule has 7 aromatic rings. The molecule has 14 atom stereocenters. The van der Waals surface area contributed by atoms with Crippen molar-refractivity contribution in [1.29, 1.82) is 0 Å². The van der Waals surface area contributed by atoms with Gasteiger partial charge in [-0.25, -0.2) is 4.98 Å². The van der Waals surface area contributed by atoms with Crippen molar-refractivity contribution in [2.75, 3.05) is 103 Å². The molecule has 15 amide bonds. The summed E-state index contributed by atoms with van der Waals surface area (Å²) in [6.45, 7) is 4.30. The summed E-state index contributed by atoms with van der Waals surface area (Å²) in [5, 5.41) is 84.2. The van der Waals surface area contributed by atoms with Gasteiger partial charge in [-0.1, -0.05) is 121 Å². The van der Waals surface area contributed by atoms with Gasteiger partial charge in [0.05, 0.1) is 51.5 Å². The first-order valence-electron chi connectivity index (χ1n) is 46.9. The van der Waals surface area contributed by atoms with Crippen LogP contribution in [0.15, 0.2) is 116 Å². The van der Waals surface area contributed by atoms with E-state index in [1.54, 1.807) is 118 Å². The molecule has 0 aliphatic carbocycles. The van der Waals surface area contributed by atoms with E-state index in [1.165, 1.54) is 31.7 Å². The number of carboxylic acids is 4. The average molecular weight is 2040 g/mol. The molecule has 0 radical (unpaired) electrons. The van der Waals surface area contributed by atoms with Gasteiger partial charge in [0.1, 0.15) is 66.5 Å². The van der Waals surface area contributed by atoms with Crippen LogP contribution < -0.4 is 75.3 Å². The number of hydrogen-bond acceptors (Lipinski definition) is 28. The van der Waals surface area contributed by atoms with Crippen LogP contribution in [0.25, 0.3) is 32.6 Å². The van der Waals surface area contributed by atoms with Gasteiger partial charge in [-0.3, -0.25) is 115 Å². The van der Waals surface area contributed by atoms with Gasteiger partial charge >= 0.3 is 23.9 Å². The van der Waals surface area contributed by atoms with Crippen LogP contribution in [0.2, 0.25) is 0 Å². The van der Waals surface area contributed by atoms with Crippen molar-refractivity contribution in [3.63, 3.8) is 0 Å². The van der Waals surface area contributed by atoms with Crippen LogP contribution in [0.1, 0.15) is 106 Å². The number of aromatic amines is 3. The maximum Gasteiger partial charge on any atom is 0.317 e. The van der Waals surface area contributed by atoms with Gasteiger partial charge in [0, 0.05) is 155 Å². The molecule has 50 heteroatoms. The molecule has 776 valence electrons. The molecule has 24 N–H and O–H groups in total. The van der Waals surface area contributed by atoms with E-state index in [9.17, 15) is 73.5 Å². The topological polar surface area (TPSA) is 715 Å². The molecule has 3 aromatic heterocycles. The van der Waals surface area contributed by atoms with E-state index in [0.717, 1.165) is 24.1 Å². The number of amides is 15. The lowest BCUT2D eigenvalue weighted by atomic mass is 9.97. The Morgan fingerprint density at radius 1 is 0.535 bits per heavy atom. The Balaban J connectivity index is 1.02. The number of aliphatic carboxylic acids is 4. The number of rotatable bonds is 39. The summed E-state index contributed by atoms with van der Waals surface area (Å²) >= 11 is 0. The largest absolute Gasteiger partial charge is 0.481 e. The second-order valence-corrected chi connectivity index (χ2v) is 38.2. The number of imidazole rings is 1. The zero-order chi connectivity index (χ0) is 105. The maximum atomic E-state index is 15.7. The Morgan fingerprint density at radius 3 is 1.66 bits per heavy atom. The number of primary amides is 2. The quantitative estimate of drug-likeness (QED) is 0.00760. The SMILES string of the molecule is CC[C@H](C)[C@H](NC(=O)[C@@H](NC(=O)[C@H](Cc1c[nH]c2ccccc12)NC(C)=O)[C@@H](C)O)C(=O)N[C@H]1CSSC[C@@H](C(=O)NC(C(=O)c2c[nH]c3ccccc23)C(=O)N2CCC[C@H]2C(N)=O)NC(=O)[C@H](CC(=O)O)NC(=O)[C@H](Cc2cnc[nH]2)NC(=O)[C@H](Cc2ccc3ccccc3c2)NC(=O)[C@H](CCCCNC(=O)CN2CCN(CC(=O)O)CCN(CC(=O)O)CCN(CC(=O)O)CC2)NC(=O)[C@H](CC(N)=O)NC1=O. The van der Waals surface area contributed by atoms with Crippen molar-refractivity contribution in [1.82, 2.24) is 108 Å². The smallest absolute Gasteiger partial charge is 0.317 e. The van der Waals surface area contributed by atoms with Crippen LogP contribution in [0.3, 0.4) is 0 Å². The summed E-state index contributed by atoms with van der Waals surface area (Å²) in [5.74, 6) is -25.4. The highest BCUT2D eigenvalue weighted by Gasteiger charge is 2.45. The predicted molar refractivity (Wildman–Crippen MR) is 523 cm³/mol. The zero-order valence-corrected chi connectivity index (χ0v) is 81.3. The molecule has 3 saturated heterocycles. The number of unbranched alkanes of at least 4 members (excludes halogenated alkanes) is 1. The Morgan fingerprint density at radius 2 is 1.07 bits per heavy atom. The van der Waals surface area contributed by atoms with E-state index in [4.69, 9.17) is 11.5 Å². The molecule has 0 spiro atoms. The van der Waals surface area contributed by atoms with E-state index >= 15 is 47.9 Å². The third kappa shape index (κ3) is 33.3. The number of hydrogen-bond donors (Lipinski definition) is 22. The zero-order valence-electron chi connectivity index (χ0n) is 79.7. The number of aliphatic hydroxyl groups is 1. The highest BCUT2D eigenvalue weighted by molar-refractivity contribution is 8.76. The van der Waals surface area contributed by atoms with E-state index in [0.29, 0.717) is 54.5 Å². The van der Waals surface area contributed by atoms with Gasteiger partial charge in [-0.2, -0.15) is 0 Å². The number of H-pyrrole nitrogens is 3.